The second-order valence-electron chi connectivity index (χ2n) is 10.4. The van der Waals surface area contributed by atoms with E-state index in [0.29, 0.717) is 28.7 Å². The molecule has 0 amide bonds. The highest BCUT2D eigenvalue weighted by Crippen LogP contribution is 2.38. The van der Waals surface area contributed by atoms with Crippen LogP contribution in [0.4, 0.5) is 0 Å². The molecule has 3 rings (SSSR count). The number of hydrogen-bond acceptors (Lipinski definition) is 1. The van der Waals surface area contributed by atoms with Crippen molar-refractivity contribution in [3.05, 3.63) is 72.2 Å². The third-order valence-corrected chi connectivity index (χ3v) is 6.23. The second-order valence-corrected chi connectivity index (χ2v) is 10.4. The summed E-state index contributed by atoms with van der Waals surface area (Å²) in [7, 11) is 0. The van der Waals surface area contributed by atoms with E-state index in [4.69, 9.17) is 0 Å². The lowest BCUT2D eigenvalue weighted by atomic mass is 9.76. The molecule has 0 N–H and O–H groups in total. The van der Waals surface area contributed by atoms with Gasteiger partial charge in [0, 0.05) is 11.4 Å². The fourth-order valence-corrected chi connectivity index (χ4v) is 4.15. The molecule has 0 spiro atoms. The van der Waals surface area contributed by atoms with Crippen molar-refractivity contribution in [2.75, 3.05) is 0 Å². The molecule has 1 nitrogen and oxygen atoms in total. The van der Waals surface area contributed by atoms with Crippen LogP contribution in [0.25, 0.3) is 0 Å². The van der Waals surface area contributed by atoms with Crippen LogP contribution in [-0.2, 0) is 0 Å². The maximum absolute atomic E-state index is 2.55. The fourth-order valence-electron chi connectivity index (χ4n) is 4.15. The summed E-state index contributed by atoms with van der Waals surface area (Å²) < 4.78 is 0. The number of rotatable bonds is 3. The zero-order valence-corrected chi connectivity index (χ0v) is 18.1. The molecule has 3 atom stereocenters. The summed E-state index contributed by atoms with van der Waals surface area (Å²) in [5.41, 5.74) is 3.35. The van der Waals surface area contributed by atoms with Crippen molar-refractivity contribution >= 4 is 0 Å². The van der Waals surface area contributed by atoms with Gasteiger partial charge in [0.1, 0.15) is 0 Å². The molecular formula is C26H37N. The van der Waals surface area contributed by atoms with Crippen molar-refractivity contribution in [3.8, 4) is 0 Å². The molecule has 27 heavy (non-hydrogen) atoms. The predicted molar refractivity (Wildman–Crippen MR) is 118 cm³/mol. The molecule has 0 aromatic carbocycles. The highest BCUT2D eigenvalue weighted by molar-refractivity contribution is 5.36. The van der Waals surface area contributed by atoms with Gasteiger partial charge in [-0.3, -0.25) is 0 Å². The first-order chi connectivity index (χ1) is 12.7. The molecule has 3 aliphatic rings. The van der Waals surface area contributed by atoms with Crippen LogP contribution in [-0.4, -0.2) is 10.9 Å². The Bertz CT molecular complexity index is 664. The van der Waals surface area contributed by atoms with E-state index in [1.165, 1.54) is 11.4 Å². The highest BCUT2D eigenvalue weighted by Gasteiger charge is 2.29. The van der Waals surface area contributed by atoms with Gasteiger partial charge in [-0.25, -0.2) is 0 Å². The van der Waals surface area contributed by atoms with Gasteiger partial charge in [0.25, 0.3) is 0 Å². The average Bonchev–Trinajstić information content (AvgIpc) is 2.62. The van der Waals surface area contributed by atoms with Gasteiger partial charge >= 0.3 is 0 Å². The molecule has 2 unspecified atom stereocenters. The van der Waals surface area contributed by atoms with Gasteiger partial charge < -0.3 is 4.90 Å². The average molecular weight is 364 g/mol. The Kier molecular flexibility index (Phi) is 5.70. The monoisotopic (exact) mass is 363 g/mol. The maximum Gasteiger partial charge on any atom is 0.0559 e. The summed E-state index contributed by atoms with van der Waals surface area (Å²) in [5.74, 6) is 1.23. The smallest absolute Gasteiger partial charge is 0.0559 e. The third-order valence-electron chi connectivity index (χ3n) is 6.23. The molecule has 0 radical (unpaired) electrons. The first kappa shape index (κ1) is 20.0. The topological polar surface area (TPSA) is 3.24 Å². The Morgan fingerprint density at radius 3 is 1.56 bits per heavy atom. The summed E-state index contributed by atoms with van der Waals surface area (Å²) >= 11 is 0. The standard InChI is InChI=1S/C26H37N/c1-25(2,3)20-12-16-23(17-13-20)27(22-10-8-7-9-11-22)24-18-14-21(15-19-24)26(4,5)6/h7-10,12,14,16-22H,11,13,15H2,1-6H3/t20-,21?,22?/m0/s1. The quantitative estimate of drug-likeness (QED) is 0.513. The summed E-state index contributed by atoms with van der Waals surface area (Å²) in [4.78, 5) is 2.55. The van der Waals surface area contributed by atoms with Gasteiger partial charge in [-0.15, -0.1) is 0 Å². The molecule has 0 heterocycles. The molecule has 0 aromatic rings. The van der Waals surface area contributed by atoms with Gasteiger partial charge in [0.2, 0.25) is 0 Å². The number of hydrogen-bond donors (Lipinski definition) is 0. The first-order valence-corrected chi connectivity index (χ1v) is 10.6. The SMILES string of the molecule is CC(C)(C)C1C=CC(N(C2=CC[C@@H](C(C)(C)C)C=C2)C2C=CC=CC2)=CC1. The predicted octanol–water partition coefficient (Wildman–Crippen LogP) is 7.19. The Balaban J connectivity index is 1.84. The minimum atomic E-state index is 0.320. The van der Waals surface area contributed by atoms with E-state index < -0.39 is 0 Å². The second kappa shape index (κ2) is 7.70. The van der Waals surface area contributed by atoms with E-state index in [-0.39, 0.29) is 0 Å². The number of nitrogens with zero attached hydrogens (tertiary/aromatic N) is 1. The normalized spacial score (nSPS) is 28.1. The van der Waals surface area contributed by atoms with Crippen LogP contribution in [0.1, 0.15) is 60.8 Å². The maximum atomic E-state index is 2.55. The third kappa shape index (κ3) is 4.75. The van der Waals surface area contributed by atoms with Crippen molar-refractivity contribution in [3.63, 3.8) is 0 Å². The van der Waals surface area contributed by atoms with Gasteiger partial charge in [0.15, 0.2) is 0 Å². The van der Waals surface area contributed by atoms with Crippen molar-refractivity contribution in [1.29, 1.82) is 0 Å². The Labute approximate surface area is 166 Å². The summed E-state index contributed by atoms with van der Waals surface area (Å²) in [5, 5.41) is 0. The van der Waals surface area contributed by atoms with E-state index in [0.717, 1.165) is 19.3 Å². The van der Waals surface area contributed by atoms with Gasteiger partial charge in [0.05, 0.1) is 6.04 Å². The van der Waals surface area contributed by atoms with Crippen LogP contribution >= 0.6 is 0 Å². The fraction of sp³-hybridized carbons (Fsp3) is 0.538. The molecule has 0 bridgehead atoms. The van der Waals surface area contributed by atoms with Crippen LogP contribution in [0.3, 0.4) is 0 Å². The van der Waals surface area contributed by atoms with Crippen LogP contribution < -0.4 is 0 Å². The molecule has 1 heteroatoms. The van der Waals surface area contributed by atoms with E-state index >= 15 is 0 Å². The molecule has 0 aromatic heterocycles. The molecular weight excluding hydrogens is 326 g/mol. The van der Waals surface area contributed by atoms with Gasteiger partial charge in [-0.1, -0.05) is 90.2 Å². The van der Waals surface area contributed by atoms with Crippen molar-refractivity contribution < 1.29 is 0 Å². The zero-order valence-electron chi connectivity index (χ0n) is 18.1. The molecule has 146 valence electrons. The summed E-state index contributed by atoms with van der Waals surface area (Å²) in [6.07, 6.45) is 26.8. The molecule has 3 aliphatic carbocycles. The zero-order chi connectivity index (χ0) is 19.7. The highest BCUT2D eigenvalue weighted by atomic mass is 15.2. The van der Waals surface area contributed by atoms with Crippen molar-refractivity contribution in [1.82, 2.24) is 4.90 Å². The molecule has 0 fully saturated rings. The first-order valence-electron chi connectivity index (χ1n) is 10.6. The molecule has 0 saturated heterocycles. The lowest BCUT2D eigenvalue weighted by Crippen LogP contribution is -2.34. The van der Waals surface area contributed by atoms with Crippen molar-refractivity contribution in [2.45, 2.75) is 66.8 Å². The van der Waals surface area contributed by atoms with Crippen LogP contribution in [0.5, 0.6) is 0 Å². The van der Waals surface area contributed by atoms with Gasteiger partial charge in [-0.2, -0.15) is 0 Å². The lowest BCUT2D eigenvalue weighted by molar-refractivity contribution is 0.282. The van der Waals surface area contributed by atoms with Crippen molar-refractivity contribution in [2.24, 2.45) is 22.7 Å². The van der Waals surface area contributed by atoms with E-state index in [1.807, 2.05) is 0 Å². The van der Waals surface area contributed by atoms with Crippen LogP contribution in [0, 0.1) is 22.7 Å². The minimum Gasteiger partial charge on any atom is -0.335 e. The van der Waals surface area contributed by atoms with E-state index in [1.54, 1.807) is 0 Å². The summed E-state index contributed by atoms with van der Waals surface area (Å²) in [6, 6.07) is 0.402. The Morgan fingerprint density at radius 2 is 1.22 bits per heavy atom. The van der Waals surface area contributed by atoms with E-state index in [2.05, 4.69) is 107 Å². The summed E-state index contributed by atoms with van der Waals surface area (Å²) in [6.45, 7) is 14.0. The Hall–Kier alpha value is -1.76. The number of allylic oxidation sites excluding steroid dienone is 8. The van der Waals surface area contributed by atoms with Crippen LogP contribution in [0.15, 0.2) is 72.2 Å². The lowest BCUT2D eigenvalue weighted by Gasteiger charge is -2.39. The Morgan fingerprint density at radius 1 is 0.704 bits per heavy atom. The minimum absolute atomic E-state index is 0.320. The largest absolute Gasteiger partial charge is 0.335 e. The van der Waals surface area contributed by atoms with E-state index in [9.17, 15) is 0 Å². The van der Waals surface area contributed by atoms with Crippen LogP contribution in [0.2, 0.25) is 0 Å². The van der Waals surface area contributed by atoms with Gasteiger partial charge in [-0.05, 0) is 54.1 Å². The molecule has 0 aliphatic heterocycles. The molecule has 0 saturated carbocycles.